The minimum Gasteiger partial charge on any atom is -0.342 e. The van der Waals surface area contributed by atoms with E-state index in [1.165, 1.54) is 5.56 Å². The molecular weight excluding hydrogens is 306 g/mol. The smallest absolute Gasteiger partial charge is 0.238 e. The van der Waals surface area contributed by atoms with Crippen LogP contribution in [0.25, 0.3) is 11.6 Å². The fourth-order valence-corrected chi connectivity index (χ4v) is 3.24. The number of carbonyl (C=O) groups is 1. The van der Waals surface area contributed by atoms with Crippen molar-refractivity contribution in [2.24, 2.45) is 0 Å². The number of nitrogens with zero attached hydrogens (tertiary/aromatic N) is 4. The van der Waals surface area contributed by atoms with E-state index >= 15 is 0 Å². The third-order valence-electron chi connectivity index (χ3n) is 4.36. The molecule has 1 N–H and O–H groups in total. The predicted molar refractivity (Wildman–Crippen MR) is 85.9 cm³/mol. The summed E-state index contributed by atoms with van der Waals surface area (Å²) in [5, 5.41) is 3.97. The standard InChI is InChI=1S/C17H17N5O2/c1-11(23)22-9-6-12-4-2-3-5-13(12)14(22)10-15-20-17(21-24-15)16-18-7-8-19-16/h2-5,7-8,14H,6,9-10H2,1H3,(H,18,19). The summed E-state index contributed by atoms with van der Waals surface area (Å²) in [6, 6.07) is 8.12. The molecule has 1 amide bonds. The second-order valence-corrected chi connectivity index (χ2v) is 5.83. The zero-order chi connectivity index (χ0) is 16.5. The summed E-state index contributed by atoms with van der Waals surface area (Å²) >= 11 is 0. The number of hydrogen-bond donors (Lipinski definition) is 1. The van der Waals surface area contributed by atoms with Crippen molar-refractivity contribution in [2.45, 2.75) is 25.8 Å². The fraction of sp³-hybridized carbons (Fsp3) is 0.294. The molecule has 0 saturated heterocycles. The first-order valence-corrected chi connectivity index (χ1v) is 7.89. The molecule has 7 heteroatoms. The van der Waals surface area contributed by atoms with Gasteiger partial charge in [-0.15, -0.1) is 0 Å². The summed E-state index contributed by atoms with van der Waals surface area (Å²) in [4.78, 5) is 25.4. The number of fused-ring (bicyclic) bond motifs is 1. The average molecular weight is 323 g/mol. The number of carbonyl (C=O) groups excluding carboxylic acids is 1. The van der Waals surface area contributed by atoms with Crippen molar-refractivity contribution in [2.75, 3.05) is 6.54 Å². The molecule has 0 fully saturated rings. The third kappa shape index (κ3) is 2.58. The van der Waals surface area contributed by atoms with E-state index in [2.05, 4.69) is 32.2 Å². The lowest BCUT2D eigenvalue weighted by atomic mass is 9.90. The minimum atomic E-state index is -0.0858. The molecule has 0 aliphatic carbocycles. The van der Waals surface area contributed by atoms with Gasteiger partial charge in [-0.3, -0.25) is 4.79 Å². The molecule has 3 heterocycles. The molecule has 24 heavy (non-hydrogen) atoms. The van der Waals surface area contributed by atoms with E-state index in [1.807, 2.05) is 17.0 Å². The lowest BCUT2D eigenvalue weighted by Gasteiger charge is -2.36. The maximum absolute atomic E-state index is 12.0. The van der Waals surface area contributed by atoms with E-state index in [1.54, 1.807) is 19.3 Å². The van der Waals surface area contributed by atoms with Crippen molar-refractivity contribution >= 4 is 5.91 Å². The quantitative estimate of drug-likeness (QED) is 0.798. The molecule has 1 aliphatic heterocycles. The van der Waals surface area contributed by atoms with Crippen molar-refractivity contribution in [3.05, 3.63) is 53.7 Å². The van der Waals surface area contributed by atoms with Gasteiger partial charge in [-0.2, -0.15) is 4.98 Å². The van der Waals surface area contributed by atoms with E-state index in [9.17, 15) is 4.79 Å². The van der Waals surface area contributed by atoms with E-state index in [-0.39, 0.29) is 11.9 Å². The topological polar surface area (TPSA) is 87.9 Å². The lowest BCUT2D eigenvalue weighted by Crippen LogP contribution is -2.39. The van der Waals surface area contributed by atoms with Gasteiger partial charge in [0, 0.05) is 25.9 Å². The lowest BCUT2D eigenvalue weighted by molar-refractivity contribution is -0.131. The summed E-state index contributed by atoms with van der Waals surface area (Å²) < 4.78 is 5.38. The number of H-pyrrole nitrogens is 1. The number of aromatic nitrogens is 4. The zero-order valence-corrected chi connectivity index (χ0v) is 13.3. The highest BCUT2D eigenvalue weighted by Crippen LogP contribution is 2.32. The summed E-state index contributed by atoms with van der Waals surface area (Å²) in [6.07, 6.45) is 4.71. The number of imidazole rings is 1. The molecule has 122 valence electrons. The number of aromatic amines is 1. The number of amides is 1. The third-order valence-corrected chi connectivity index (χ3v) is 4.36. The molecule has 1 aliphatic rings. The van der Waals surface area contributed by atoms with Crippen LogP contribution in [0.5, 0.6) is 0 Å². The Hall–Kier alpha value is -2.96. The van der Waals surface area contributed by atoms with E-state index in [0.717, 1.165) is 12.0 Å². The predicted octanol–water partition coefficient (Wildman–Crippen LogP) is 2.15. The molecule has 0 bridgehead atoms. The van der Waals surface area contributed by atoms with Crippen molar-refractivity contribution in [3.8, 4) is 11.6 Å². The van der Waals surface area contributed by atoms with Crippen LogP contribution in [0.4, 0.5) is 0 Å². The molecular formula is C17H17N5O2. The Morgan fingerprint density at radius 3 is 3.08 bits per heavy atom. The van der Waals surface area contributed by atoms with Crippen LogP contribution in [-0.4, -0.2) is 37.5 Å². The first kappa shape index (κ1) is 14.6. The maximum Gasteiger partial charge on any atom is 0.238 e. The van der Waals surface area contributed by atoms with Gasteiger partial charge in [-0.1, -0.05) is 29.4 Å². The molecule has 0 saturated carbocycles. The number of rotatable bonds is 3. The van der Waals surface area contributed by atoms with Crippen LogP contribution in [0.2, 0.25) is 0 Å². The van der Waals surface area contributed by atoms with Crippen molar-refractivity contribution in [3.63, 3.8) is 0 Å². The summed E-state index contributed by atoms with van der Waals surface area (Å²) in [7, 11) is 0. The Kier molecular flexibility index (Phi) is 3.60. The molecule has 2 aromatic heterocycles. The van der Waals surface area contributed by atoms with Gasteiger partial charge in [0.2, 0.25) is 17.6 Å². The van der Waals surface area contributed by atoms with Crippen LogP contribution in [-0.2, 0) is 17.6 Å². The van der Waals surface area contributed by atoms with Gasteiger partial charge in [0.15, 0.2) is 5.82 Å². The molecule has 1 atom stereocenters. The number of benzene rings is 1. The van der Waals surface area contributed by atoms with Gasteiger partial charge in [0.25, 0.3) is 0 Å². The average Bonchev–Trinajstić information content (AvgIpc) is 3.26. The van der Waals surface area contributed by atoms with Crippen LogP contribution >= 0.6 is 0 Å². The molecule has 3 aromatic rings. The Labute approximate surface area is 138 Å². The summed E-state index contributed by atoms with van der Waals surface area (Å²) in [5.41, 5.74) is 2.42. The van der Waals surface area contributed by atoms with Crippen LogP contribution in [0.3, 0.4) is 0 Å². The van der Waals surface area contributed by atoms with Gasteiger partial charge in [-0.05, 0) is 17.5 Å². The fourth-order valence-electron chi connectivity index (χ4n) is 3.24. The minimum absolute atomic E-state index is 0.0558. The maximum atomic E-state index is 12.0. The zero-order valence-electron chi connectivity index (χ0n) is 13.3. The normalized spacial score (nSPS) is 16.9. The summed E-state index contributed by atoms with van der Waals surface area (Å²) in [6.45, 7) is 2.30. The van der Waals surface area contributed by atoms with E-state index in [0.29, 0.717) is 30.5 Å². The molecule has 1 aromatic carbocycles. The van der Waals surface area contributed by atoms with Gasteiger partial charge in [0.1, 0.15) is 0 Å². The second-order valence-electron chi connectivity index (χ2n) is 5.83. The van der Waals surface area contributed by atoms with Crippen LogP contribution in [0.1, 0.15) is 30.0 Å². The highest BCUT2D eigenvalue weighted by molar-refractivity contribution is 5.74. The molecule has 0 radical (unpaired) electrons. The van der Waals surface area contributed by atoms with Gasteiger partial charge >= 0.3 is 0 Å². The molecule has 4 rings (SSSR count). The van der Waals surface area contributed by atoms with Gasteiger partial charge < -0.3 is 14.4 Å². The molecule has 1 unspecified atom stereocenters. The first-order chi connectivity index (χ1) is 11.7. The number of hydrogen-bond acceptors (Lipinski definition) is 5. The van der Waals surface area contributed by atoms with Crippen LogP contribution < -0.4 is 0 Å². The number of nitrogens with one attached hydrogen (secondary N) is 1. The van der Waals surface area contributed by atoms with Gasteiger partial charge in [0.05, 0.1) is 12.5 Å². The Morgan fingerprint density at radius 1 is 1.42 bits per heavy atom. The Morgan fingerprint density at radius 2 is 2.29 bits per heavy atom. The Bertz CT molecular complexity index is 856. The van der Waals surface area contributed by atoms with Crippen LogP contribution in [0.15, 0.2) is 41.2 Å². The van der Waals surface area contributed by atoms with E-state index < -0.39 is 0 Å². The van der Waals surface area contributed by atoms with Crippen molar-refractivity contribution in [1.82, 2.24) is 25.0 Å². The first-order valence-electron chi connectivity index (χ1n) is 7.89. The summed E-state index contributed by atoms with van der Waals surface area (Å²) in [5.74, 6) is 1.54. The monoisotopic (exact) mass is 323 g/mol. The highest BCUT2D eigenvalue weighted by atomic mass is 16.5. The van der Waals surface area contributed by atoms with Crippen molar-refractivity contribution in [1.29, 1.82) is 0 Å². The Balaban J connectivity index is 1.65. The highest BCUT2D eigenvalue weighted by Gasteiger charge is 2.30. The van der Waals surface area contributed by atoms with Crippen molar-refractivity contribution < 1.29 is 9.32 Å². The molecule has 0 spiro atoms. The second kappa shape index (κ2) is 5.92. The van der Waals surface area contributed by atoms with Crippen LogP contribution in [0, 0.1) is 0 Å². The molecule has 7 nitrogen and oxygen atoms in total. The SMILES string of the molecule is CC(=O)N1CCc2ccccc2C1Cc1nc(-c2ncc[nH]2)no1. The van der Waals surface area contributed by atoms with Gasteiger partial charge in [-0.25, -0.2) is 4.98 Å². The largest absolute Gasteiger partial charge is 0.342 e. The van der Waals surface area contributed by atoms with E-state index in [4.69, 9.17) is 4.52 Å².